The second-order valence-corrected chi connectivity index (χ2v) is 6.17. The maximum Gasteiger partial charge on any atom is 0.416 e. The van der Waals surface area contributed by atoms with Crippen LogP contribution in [0.5, 0.6) is 5.75 Å². The molecule has 0 atom stereocenters. The molecule has 140 valence electrons. The summed E-state index contributed by atoms with van der Waals surface area (Å²) in [6, 6.07) is 16.4. The monoisotopic (exact) mass is 373 g/mol. The van der Waals surface area contributed by atoms with Crippen LogP contribution in [-0.2, 0) is 19.3 Å². The van der Waals surface area contributed by atoms with Crippen LogP contribution in [0.15, 0.2) is 71.7 Å². The first-order valence-corrected chi connectivity index (χ1v) is 8.38. The summed E-state index contributed by atoms with van der Waals surface area (Å²) in [6.07, 6.45) is -3.00. The van der Waals surface area contributed by atoms with Crippen molar-refractivity contribution in [3.63, 3.8) is 0 Å². The molecule has 0 fully saturated rings. The Bertz CT molecular complexity index is 979. The predicted molar refractivity (Wildman–Crippen MR) is 96.8 cm³/mol. The maximum absolute atomic E-state index is 13.1. The molecule has 0 aliphatic carbocycles. The second kappa shape index (κ2) is 7.70. The summed E-state index contributed by atoms with van der Waals surface area (Å²) >= 11 is 0. The minimum absolute atomic E-state index is 0.0458. The van der Waals surface area contributed by atoms with Gasteiger partial charge < -0.3 is 9.30 Å². The molecule has 0 radical (unpaired) electrons. The van der Waals surface area contributed by atoms with Crippen molar-refractivity contribution in [3.8, 4) is 5.75 Å². The van der Waals surface area contributed by atoms with Crippen molar-refractivity contribution < 1.29 is 17.9 Å². The average molecular weight is 373 g/mol. The van der Waals surface area contributed by atoms with E-state index in [-0.39, 0.29) is 17.7 Å². The van der Waals surface area contributed by atoms with Crippen LogP contribution in [0.2, 0.25) is 0 Å². The van der Waals surface area contributed by atoms with E-state index < -0.39 is 11.7 Å². The summed E-state index contributed by atoms with van der Waals surface area (Å²) in [5.41, 5.74) is 0.249. The molecule has 6 heteroatoms. The molecule has 0 bridgehead atoms. The highest BCUT2D eigenvalue weighted by Gasteiger charge is 2.32. The molecule has 27 heavy (non-hydrogen) atoms. The number of ether oxygens (including phenoxy) is 1. The van der Waals surface area contributed by atoms with E-state index >= 15 is 0 Å². The summed E-state index contributed by atoms with van der Waals surface area (Å²) < 4.78 is 46.4. The zero-order chi connectivity index (χ0) is 19.4. The molecular formula is C21H18F3NO2. The molecule has 1 aromatic heterocycles. The van der Waals surface area contributed by atoms with Gasteiger partial charge in [0.05, 0.1) is 17.7 Å². The number of alkyl halides is 3. The van der Waals surface area contributed by atoms with Crippen molar-refractivity contribution in [2.75, 3.05) is 0 Å². The Morgan fingerprint density at radius 1 is 0.963 bits per heavy atom. The van der Waals surface area contributed by atoms with Gasteiger partial charge in [0.2, 0.25) is 0 Å². The fourth-order valence-corrected chi connectivity index (χ4v) is 2.81. The lowest BCUT2D eigenvalue weighted by Crippen LogP contribution is -2.24. The predicted octanol–water partition coefficient (Wildman–Crippen LogP) is 4.80. The Labute approximate surface area is 154 Å². The van der Waals surface area contributed by atoms with E-state index in [0.29, 0.717) is 17.9 Å². The summed E-state index contributed by atoms with van der Waals surface area (Å²) in [6.45, 7) is 1.76. The van der Waals surface area contributed by atoms with Gasteiger partial charge in [0.25, 0.3) is 5.56 Å². The second-order valence-electron chi connectivity index (χ2n) is 6.17. The highest BCUT2D eigenvalue weighted by Crippen LogP contribution is 2.32. The van der Waals surface area contributed by atoms with Gasteiger partial charge in [-0.15, -0.1) is 0 Å². The van der Waals surface area contributed by atoms with Gasteiger partial charge in [0, 0.05) is 6.20 Å². The minimum Gasteiger partial charge on any atom is -0.488 e. The van der Waals surface area contributed by atoms with Crippen LogP contribution in [0.4, 0.5) is 13.2 Å². The molecule has 1 heterocycles. The van der Waals surface area contributed by atoms with E-state index in [9.17, 15) is 18.0 Å². The number of nitrogens with zero attached hydrogens (tertiary/aromatic N) is 1. The standard InChI is InChI=1S/C21H18F3NO2/c1-15-19(27-14-16-7-3-2-4-8-16)11-12-25(20(15)26)13-17-9-5-6-10-18(17)21(22,23)24/h2-12H,13-14H2,1H3. The molecule has 0 aliphatic rings. The summed E-state index contributed by atoms with van der Waals surface area (Å²) in [7, 11) is 0. The lowest BCUT2D eigenvalue weighted by molar-refractivity contribution is -0.138. The zero-order valence-corrected chi connectivity index (χ0v) is 14.7. The Kier molecular flexibility index (Phi) is 5.35. The van der Waals surface area contributed by atoms with Crippen LogP contribution in [0, 0.1) is 6.92 Å². The molecule has 0 spiro atoms. The van der Waals surface area contributed by atoms with E-state index in [0.717, 1.165) is 11.6 Å². The number of pyridine rings is 1. The molecule has 3 nitrogen and oxygen atoms in total. The number of halogens is 3. The Hall–Kier alpha value is -3.02. The van der Waals surface area contributed by atoms with Crippen LogP contribution in [0.3, 0.4) is 0 Å². The Morgan fingerprint density at radius 3 is 2.33 bits per heavy atom. The molecule has 2 aromatic carbocycles. The van der Waals surface area contributed by atoms with Crippen molar-refractivity contribution in [1.82, 2.24) is 4.57 Å². The summed E-state index contributed by atoms with van der Waals surface area (Å²) in [5.74, 6) is 0.421. The molecule has 0 aliphatic heterocycles. The third kappa shape index (κ3) is 4.39. The molecule has 0 saturated heterocycles. The van der Waals surface area contributed by atoms with Gasteiger partial charge in [0.15, 0.2) is 0 Å². The molecule has 3 rings (SSSR count). The van der Waals surface area contributed by atoms with Gasteiger partial charge in [-0.3, -0.25) is 4.79 Å². The molecular weight excluding hydrogens is 355 g/mol. The van der Waals surface area contributed by atoms with E-state index in [4.69, 9.17) is 4.74 Å². The van der Waals surface area contributed by atoms with Crippen LogP contribution in [-0.4, -0.2) is 4.57 Å². The van der Waals surface area contributed by atoms with Gasteiger partial charge in [-0.1, -0.05) is 48.5 Å². The van der Waals surface area contributed by atoms with E-state index in [2.05, 4.69) is 0 Å². The molecule has 3 aromatic rings. The first-order chi connectivity index (χ1) is 12.9. The number of aromatic nitrogens is 1. The largest absolute Gasteiger partial charge is 0.488 e. The zero-order valence-electron chi connectivity index (χ0n) is 14.7. The molecule has 0 amide bonds. The Balaban J connectivity index is 1.83. The van der Waals surface area contributed by atoms with E-state index in [1.54, 1.807) is 13.0 Å². The summed E-state index contributed by atoms with van der Waals surface area (Å²) in [5, 5.41) is 0. The molecule has 0 N–H and O–H groups in total. The van der Waals surface area contributed by atoms with Gasteiger partial charge in [-0.05, 0) is 30.2 Å². The lowest BCUT2D eigenvalue weighted by atomic mass is 10.1. The number of hydrogen-bond acceptors (Lipinski definition) is 2. The van der Waals surface area contributed by atoms with E-state index in [1.807, 2.05) is 30.3 Å². The molecule has 0 unspecified atom stereocenters. The van der Waals surface area contributed by atoms with Crippen LogP contribution < -0.4 is 10.3 Å². The number of benzene rings is 2. The average Bonchev–Trinajstić information content (AvgIpc) is 2.65. The van der Waals surface area contributed by atoms with Gasteiger partial charge >= 0.3 is 6.18 Å². The van der Waals surface area contributed by atoms with Crippen molar-refractivity contribution >= 4 is 0 Å². The van der Waals surface area contributed by atoms with E-state index in [1.165, 1.54) is 29.0 Å². The summed E-state index contributed by atoms with van der Waals surface area (Å²) in [4.78, 5) is 12.6. The fraction of sp³-hybridized carbons (Fsp3) is 0.190. The van der Waals surface area contributed by atoms with Gasteiger partial charge in [-0.2, -0.15) is 13.2 Å². The van der Waals surface area contributed by atoms with Crippen molar-refractivity contribution in [3.05, 3.63) is 99.5 Å². The number of rotatable bonds is 5. The van der Waals surface area contributed by atoms with Crippen molar-refractivity contribution in [1.29, 1.82) is 0 Å². The Morgan fingerprint density at radius 2 is 1.63 bits per heavy atom. The fourth-order valence-electron chi connectivity index (χ4n) is 2.81. The van der Waals surface area contributed by atoms with Gasteiger partial charge in [0.1, 0.15) is 12.4 Å². The lowest BCUT2D eigenvalue weighted by Gasteiger charge is -2.15. The quantitative estimate of drug-likeness (QED) is 0.643. The van der Waals surface area contributed by atoms with Crippen molar-refractivity contribution in [2.45, 2.75) is 26.3 Å². The third-order valence-electron chi connectivity index (χ3n) is 4.26. The SMILES string of the molecule is Cc1c(OCc2ccccc2)ccn(Cc2ccccc2C(F)(F)F)c1=O. The highest BCUT2D eigenvalue weighted by atomic mass is 19.4. The van der Waals surface area contributed by atoms with Crippen LogP contribution in [0.1, 0.15) is 22.3 Å². The molecule has 0 saturated carbocycles. The van der Waals surface area contributed by atoms with Crippen LogP contribution >= 0.6 is 0 Å². The topological polar surface area (TPSA) is 31.2 Å². The first-order valence-electron chi connectivity index (χ1n) is 8.38. The normalized spacial score (nSPS) is 11.4. The minimum atomic E-state index is -4.46. The first kappa shape index (κ1) is 18.8. The van der Waals surface area contributed by atoms with Crippen LogP contribution in [0.25, 0.3) is 0 Å². The number of hydrogen-bond donors (Lipinski definition) is 0. The maximum atomic E-state index is 13.1. The third-order valence-corrected chi connectivity index (χ3v) is 4.26. The van der Waals surface area contributed by atoms with Crippen molar-refractivity contribution in [2.24, 2.45) is 0 Å². The van der Waals surface area contributed by atoms with Gasteiger partial charge in [-0.25, -0.2) is 0 Å². The highest BCUT2D eigenvalue weighted by molar-refractivity contribution is 5.33. The smallest absolute Gasteiger partial charge is 0.416 e.